The average Bonchev–Trinajstić information content (AvgIpc) is 2.51. The maximum absolute atomic E-state index is 6.05. The van der Waals surface area contributed by atoms with E-state index in [1.165, 1.54) is 5.56 Å². The van der Waals surface area contributed by atoms with Crippen molar-refractivity contribution in [2.45, 2.75) is 20.0 Å². The van der Waals surface area contributed by atoms with Crippen molar-refractivity contribution in [3.63, 3.8) is 0 Å². The first kappa shape index (κ1) is 18.6. The van der Waals surface area contributed by atoms with Gasteiger partial charge in [0, 0.05) is 23.7 Å². The summed E-state index contributed by atoms with van der Waals surface area (Å²) in [4.78, 5) is 0. The molecule has 0 saturated heterocycles. The fraction of sp³-hybridized carbons (Fsp3) is 0.294. The van der Waals surface area contributed by atoms with Crippen molar-refractivity contribution < 1.29 is 9.47 Å². The van der Waals surface area contributed by atoms with Crippen molar-refractivity contribution in [3.05, 3.63) is 58.6 Å². The zero-order valence-electron chi connectivity index (χ0n) is 12.8. The van der Waals surface area contributed by atoms with E-state index < -0.39 is 0 Å². The predicted octanol–water partition coefficient (Wildman–Crippen LogP) is 4.46. The molecule has 0 amide bonds. The van der Waals surface area contributed by atoms with Crippen LogP contribution < -0.4 is 14.8 Å². The third-order valence-corrected chi connectivity index (χ3v) is 3.36. The van der Waals surface area contributed by atoms with Gasteiger partial charge in [0.25, 0.3) is 0 Å². The molecule has 0 heterocycles. The molecular weight excluding hydrogens is 321 g/mol. The van der Waals surface area contributed by atoms with E-state index in [-0.39, 0.29) is 12.4 Å². The van der Waals surface area contributed by atoms with Gasteiger partial charge in [0.15, 0.2) is 0 Å². The fourth-order valence-corrected chi connectivity index (χ4v) is 2.26. The zero-order chi connectivity index (χ0) is 15.1. The number of ether oxygens (including phenoxy) is 2. The Hall–Kier alpha value is -1.42. The molecule has 0 spiro atoms. The second-order valence-corrected chi connectivity index (χ2v) is 5.07. The Morgan fingerprint density at radius 1 is 1.05 bits per heavy atom. The predicted molar refractivity (Wildman–Crippen MR) is 93.4 cm³/mol. The molecule has 22 heavy (non-hydrogen) atoms. The number of methoxy groups -OCH3 is 1. The van der Waals surface area contributed by atoms with Crippen LogP contribution in [0.2, 0.25) is 5.02 Å². The highest BCUT2D eigenvalue weighted by Gasteiger charge is 2.04. The van der Waals surface area contributed by atoms with Crippen LogP contribution in [-0.4, -0.2) is 13.7 Å². The summed E-state index contributed by atoms with van der Waals surface area (Å²) >= 11 is 6.05. The lowest BCUT2D eigenvalue weighted by Gasteiger charge is -2.12. The van der Waals surface area contributed by atoms with Crippen LogP contribution in [0.4, 0.5) is 0 Å². The number of benzene rings is 2. The fourth-order valence-electron chi connectivity index (χ4n) is 2.07. The van der Waals surface area contributed by atoms with Crippen LogP contribution in [0.25, 0.3) is 0 Å². The highest BCUT2D eigenvalue weighted by Crippen LogP contribution is 2.23. The van der Waals surface area contributed by atoms with E-state index in [0.29, 0.717) is 13.2 Å². The molecule has 0 aromatic heterocycles. The first-order valence-electron chi connectivity index (χ1n) is 6.97. The molecule has 1 N–H and O–H groups in total. The Bertz CT molecular complexity index is 573. The van der Waals surface area contributed by atoms with Gasteiger partial charge in [-0.05, 0) is 42.8 Å². The monoisotopic (exact) mass is 341 g/mol. The SMILES string of the molecule is CCOc1ccc(Cl)cc1CNCc1ccc(OC)cc1.Cl. The van der Waals surface area contributed by atoms with E-state index in [4.69, 9.17) is 21.1 Å². The van der Waals surface area contributed by atoms with Crippen LogP contribution in [0.5, 0.6) is 11.5 Å². The van der Waals surface area contributed by atoms with Crippen LogP contribution in [0.3, 0.4) is 0 Å². The summed E-state index contributed by atoms with van der Waals surface area (Å²) in [7, 11) is 1.67. The first-order chi connectivity index (χ1) is 10.2. The van der Waals surface area contributed by atoms with Crippen molar-refractivity contribution in [1.29, 1.82) is 0 Å². The highest BCUT2D eigenvalue weighted by molar-refractivity contribution is 6.30. The van der Waals surface area contributed by atoms with Gasteiger partial charge in [-0.1, -0.05) is 23.7 Å². The van der Waals surface area contributed by atoms with Gasteiger partial charge in [-0.15, -0.1) is 12.4 Å². The summed E-state index contributed by atoms with van der Waals surface area (Å²) in [6.07, 6.45) is 0. The van der Waals surface area contributed by atoms with Gasteiger partial charge < -0.3 is 14.8 Å². The Morgan fingerprint density at radius 3 is 2.41 bits per heavy atom. The van der Waals surface area contributed by atoms with Gasteiger partial charge in [-0.3, -0.25) is 0 Å². The van der Waals surface area contributed by atoms with Crippen LogP contribution in [-0.2, 0) is 13.1 Å². The Balaban J connectivity index is 0.00000242. The van der Waals surface area contributed by atoms with E-state index in [0.717, 1.165) is 28.6 Å². The number of hydrogen-bond acceptors (Lipinski definition) is 3. The number of nitrogens with one attached hydrogen (secondary N) is 1. The molecule has 2 aromatic rings. The maximum atomic E-state index is 6.05. The first-order valence-corrected chi connectivity index (χ1v) is 7.35. The van der Waals surface area contributed by atoms with Crippen molar-refractivity contribution in [2.75, 3.05) is 13.7 Å². The molecule has 120 valence electrons. The molecule has 0 fully saturated rings. The second kappa shape index (κ2) is 9.57. The maximum Gasteiger partial charge on any atom is 0.123 e. The molecule has 0 aliphatic heterocycles. The number of hydrogen-bond donors (Lipinski definition) is 1. The smallest absolute Gasteiger partial charge is 0.123 e. The molecule has 2 rings (SSSR count). The van der Waals surface area contributed by atoms with E-state index in [9.17, 15) is 0 Å². The van der Waals surface area contributed by atoms with Crippen LogP contribution in [0.15, 0.2) is 42.5 Å². The quantitative estimate of drug-likeness (QED) is 0.806. The summed E-state index contributed by atoms with van der Waals surface area (Å²) in [5.74, 6) is 1.75. The molecule has 0 radical (unpaired) electrons. The third kappa shape index (κ3) is 5.41. The van der Waals surface area contributed by atoms with E-state index in [1.54, 1.807) is 7.11 Å². The van der Waals surface area contributed by atoms with Gasteiger partial charge in [0.05, 0.1) is 13.7 Å². The molecule has 0 aliphatic carbocycles. The lowest BCUT2D eigenvalue weighted by atomic mass is 10.2. The molecule has 3 nitrogen and oxygen atoms in total. The minimum absolute atomic E-state index is 0. The Morgan fingerprint density at radius 2 is 1.77 bits per heavy atom. The largest absolute Gasteiger partial charge is 0.497 e. The Kier molecular flexibility index (Phi) is 8.10. The van der Waals surface area contributed by atoms with Crippen LogP contribution in [0.1, 0.15) is 18.1 Å². The molecule has 0 saturated carbocycles. The minimum atomic E-state index is 0. The molecule has 0 aliphatic rings. The molecule has 0 bridgehead atoms. The van der Waals surface area contributed by atoms with E-state index in [2.05, 4.69) is 5.32 Å². The lowest BCUT2D eigenvalue weighted by Crippen LogP contribution is -2.13. The average molecular weight is 342 g/mol. The van der Waals surface area contributed by atoms with Gasteiger partial charge in [0.1, 0.15) is 11.5 Å². The molecular formula is C17H21Cl2NO2. The van der Waals surface area contributed by atoms with Crippen LogP contribution in [0, 0.1) is 0 Å². The zero-order valence-corrected chi connectivity index (χ0v) is 14.3. The summed E-state index contributed by atoms with van der Waals surface area (Å²) in [5, 5.41) is 4.12. The minimum Gasteiger partial charge on any atom is -0.497 e. The Labute approximate surface area is 143 Å². The summed E-state index contributed by atoms with van der Waals surface area (Å²) < 4.78 is 10.8. The lowest BCUT2D eigenvalue weighted by molar-refractivity contribution is 0.335. The summed E-state index contributed by atoms with van der Waals surface area (Å²) in [6, 6.07) is 13.7. The summed E-state index contributed by atoms with van der Waals surface area (Å²) in [6.45, 7) is 4.11. The van der Waals surface area contributed by atoms with Gasteiger partial charge in [0.2, 0.25) is 0 Å². The van der Waals surface area contributed by atoms with Gasteiger partial charge in [-0.25, -0.2) is 0 Å². The van der Waals surface area contributed by atoms with Crippen molar-refractivity contribution in [2.24, 2.45) is 0 Å². The van der Waals surface area contributed by atoms with Crippen LogP contribution >= 0.6 is 24.0 Å². The van der Waals surface area contributed by atoms with Crippen molar-refractivity contribution >= 4 is 24.0 Å². The number of halogens is 2. The normalized spacial score (nSPS) is 9.95. The molecule has 0 unspecified atom stereocenters. The van der Waals surface area contributed by atoms with Gasteiger partial charge in [-0.2, -0.15) is 0 Å². The molecule has 2 aromatic carbocycles. The third-order valence-electron chi connectivity index (χ3n) is 3.13. The standard InChI is InChI=1S/C17H20ClNO2.ClH/c1-3-21-17-9-6-15(18)10-14(17)12-19-11-13-4-7-16(20-2)8-5-13;/h4-10,19H,3,11-12H2,1-2H3;1H. The number of rotatable bonds is 7. The van der Waals surface area contributed by atoms with Crippen molar-refractivity contribution in [3.8, 4) is 11.5 Å². The van der Waals surface area contributed by atoms with Crippen molar-refractivity contribution in [1.82, 2.24) is 5.32 Å². The summed E-state index contributed by atoms with van der Waals surface area (Å²) in [5.41, 5.74) is 2.27. The van der Waals surface area contributed by atoms with E-state index >= 15 is 0 Å². The van der Waals surface area contributed by atoms with Gasteiger partial charge >= 0.3 is 0 Å². The second-order valence-electron chi connectivity index (χ2n) is 4.64. The highest BCUT2D eigenvalue weighted by atomic mass is 35.5. The van der Waals surface area contributed by atoms with E-state index in [1.807, 2.05) is 49.4 Å². The molecule has 5 heteroatoms. The molecule has 0 atom stereocenters. The topological polar surface area (TPSA) is 30.5 Å².